The van der Waals surface area contributed by atoms with Crippen LogP contribution < -0.4 is 5.32 Å². The van der Waals surface area contributed by atoms with Gasteiger partial charge in [0.1, 0.15) is 5.82 Å². The van der Waals surface area contributed by atoms with Gasteiger partial charge in [0, 0.05) is 44.6 Å². The van der Waals surface area contributed by atoms with Gasteiger partial charge >= 0.3 is 0 Å². The van der Waals surface area contributed by atoms with E-state index in [1.54, 1.807) is 19.1 Å². The van der Waals surface area contributed by atoms with Crippen molar-refractivity contribution in [3.05, 3.63) is 59.7 Å². The monoisotopic (exact) mass is 342 g/mol. The van der Waals surface area contributed by atoms with Crippen molar-refractivity contribution in [2.24, 2.45) is 0 Å². The van der Waals surface area contributed by atoms with Gasteiger partial charge < -0.3 is 5.32 Å². The number of aromatic nitrogens is 1. The largest absolute Gasteiger partial charge is 0.325 e. The van der Waals surface area contributed by atoms with Crippen molar-refractivity contribution < 1.29 is 9.18 Å². The van der Waals surface area contributed by atoms with Crippen LogP contribution in [0.25, 0.3) is 0 Å². The lowest BCUT2D eigenvalue weighted by molar-refractivity contribution is -0.117. The first-order chi connectivity index (χ1) is 12.1. The van der Waals surface area contributed by atoms with E-state index in [2.05, 4.69) is 20.1 Å². The lowest BCUT2D eigenvalue weighted by Gasteiger charge is -2.34. The number of hydrogen-bond acceptors (Lipinski definition) is 4. The zero-order valence-corrected chi connectivity index (χ0v) is 14.4. The number of piperazine rings is 1. The van der Waals surface area contributed by atoms with Crippen molar-refractivity contribution in [2.45, 2.75) is 13.5 Å². The standard InChI is InChI=1S/C19H23FN4O/c1-15-5-6-16(12-18(15)20)22-19(25)14-24-10-8-23(9-11-24)13-17-4-2-3-7-21-17/h2-7,12H,8-11,13-14H2,1H3,(H,22,25). The summed E-state index contributed by atoms with van der Waals surface area (Å²) in [5, 5.41) is 2.76. The van der Waals surface area contributed by atoms with Gasteiger partial charge in [-0.15, -0.1) is 0 Å². The number of nitrogens with one attached hydrogen (secondary N) is 1. The Morgan fingerprint density at radius 3 is 2.60 bits per heavy atom. The van der Waals surface area contributed by atoms with E-state index in [0.29, 0.717) is 17.8 Å². The van der Waals surface area contributed by atoms with Crippen LogP contribution in [0.4, 0.5) is 10.1 Å². The number of nitrogens with zero attached hydrogens (tertiary/aromatic N) is 3. The molecule has 1 aliphatic heterocycles. The van der Waals surface area contributed by atoms with E-state index in [-0.39, 0.29) is 11.7 Å². The van der Waals surface area contributed by atoms with Gasteiger partial charge in [-0.2, -0.15) is 0 Å². The first-order valence-electron chi connectivity index (χ1n) is 8.51. The molecule has 0 atom stereocenters. The van der Waals surface area contributed by atoms with Crippen LogP contribution >= 0.6 is 0 Å². The number of anilines is 1. The molecule has 1 N–H and O–H groups in total. The highest BCUT2D eigenvalue weighted by Gasteiger charge is 2.19. The average molecular weight is 342 g/mol. The van der Waals surface area contributed by atoms with Crippen LogP contribution in [0.2, 0.25) is 0 Å². The Hall–Kier alpha value is -2.31. The summed E-state index contributed by atoms with van der Waals surface area (Å²) in [4.78, 5) is 21.0. The molecular formula is C19H23FN4O. The summed E-state index contributed by atoms with van der Waals surface area (Å²) in [6.07, 6.45) is 1.81. The van der Waals surface area contributed by atoms with Gasteiger partial charge in [0.2, 0.25) is 5.91 Å². The van der Waals surface area contributed by atoms with Gasteiger partial charge in [-0.1, -0.05) is 12.1 Å². The highest BCUT2D eigenvalue weighted by Crippen LogP contribution is 2.14. The molecule has 3 rings (SSSR count). The maximum atomic E-state index is 13.5. The van der Waals surface area contributed by atoms with Gasteiger partial charge in [0.15, 0.2) is 0 Å². The lowest BCUT2D eigenvalue weighted by atomic mass is 10.2. The molecule has 0 unspecified atom stereocenters. The number of benzene rings is 1. The van der Waals surface area contributed by atoms with E-state index < -0.39 is 0 Å². The zero-order chi connectivity index (χ0) is 17.6. The van der Waals surface area contributed by atoms with E-state index in [4.69, 9.17) is 0 Å². The van der Waals surface area contributed by atoms with E-state index >= 15 is 0 Å². The molecule has 1 fully saturated rings. The molecule has 2 heterocycles. The van der Waals surface area contributed by atoms with Gasteiger partial charge in [-0.05, 0) is 36.8 Å². The smallest absolute Gasteiger partial charge is 0.238 e. The van der Waals surface area contributed by atoms with E-state index in [1.807, 2.05) is 24.4 Å². The molecule has 1 amide bonds. The number of carbonyl (C=O) groups is 1. The molecule has 1 aliphatic rings. The van der Waals surface area contributed by atoms with Crippen LogP contribution in [0.1, 0.15) is 11.3 Å². The Morgan fingerprint density at radius 2 is 1.92 bits per heavy atom. The topological polar surface area (TPSA) is 48.5 Å². The number of carbonyl (C=O) groups excluding carboxylic acids is 1. The molecular weight excluding hydrogens is 319 g/mol. The number of amides is 1. The predicted molar refractivity (Wildman–Crippen MR) is 95.7 cm³/mol. The van der Waals surface area contributed by atoms with Gasteiger partial charge in [0.05, 0.1) is 12.2 Å². The van der Waals surface area contributed by atoms with Crippen molar-refractivity contribution in [1.29, 1.82) is 0 Å². The van der Waals surface area contributed by atoms with E-state index in [0.717, 1.165) is 38.4 Å². The van der Waals surface area contributed by atoms with Gasteiger partial charge in [-0.25, -0.2) is 4.39 Å². The Labute approximate surface area is 147 Å². The van der Waals surface area contributed by atoms with E-state index in [1.165, 1.54) is 6.07 Å². The predicted octanol–water partition coefficient (Wildman–Crippen LogP) is 2.29. The highest BCUT2D eigenvalue weighted by molar-refractivity contribution is 5.92. The van der Waals surface area contributed by atoms with Crippen molar-refractivity contribution in [3.63, 3.8) is 0 Å². The Balaban J connectivity index is 1.43. The quantitative estimate of drug-likeness (QED) is 0.906. The molecule has 0 bridgehead atoms. The summed E-state index contributed by atoms with van der Waals surface area (Å²) >= 11 is 0. The molecule has 6 heteroatoms. The zero-order valence-electron chi connectivity index (χ0n) is 14.4. The number of rotatable bonds is 5. The molecule has 5 nitrogen and oxygen atoms in total. The summed E-state index contributed by atoms with van der Waals surface area (Å²) < 4.78 is 13.5. The second-order valence-corrected chi connectivity index (χ2v) is 6.39. The molecule has 2 aromatic rings. The Kier molecular flexibility index (Phi) is 5.73. The summed E-state index contributed by atoms with van der Waals surface area (Å²) in [5.41, 5.74) is 2.14. The van der Waals surface area contributed by atoms with Crippen LogP contribution in [0, 0.1) is 12.7 Å². The van der Waals surface area contributed by atoms with Crippen molar-refractivity contribution in [1.82, 2.24) is 14.8 Å². The van der Waals surface area contributed by atoms with Gasteiger partial charge in [-0.3, -0.25) is 19.6 Å². The normalized spacial score (nSPS) is 15.9. The minimum Gasteiger partial charge on any atom is -0.325 e. The highest BCUT2D eigenvalue weighted by atomic mass is 19.1. The second kappa shape index (κ2) is 8.18. The Bertz CT molecular complexity index is 715. The second-order valence-electron chi connectivity index (χ2n) is 6.39. The first kappa shape index (κ1) is 17.5. The minimum atomic E-state index is -0.305. The summed E-state index contributed by atoms with van der Waals surface area (Å²) in [6.45, 7) is 6.35. The third-order valence-electron chi connectivity index (χ3n) is 4.40. The molecule has 1 aromatic heterocycles. The third-order valence-corrected chi connectivity index (χ3v) is 4.40. The third kappa shape index (κ3) is 5.08. The molecule has 0 radical (unpaired) electrons. The van der Waals surface area contributed by atoms with E-state index in [9.17, 15) is 9.18 Å². The number of halogens is 1. The van der Waals surface area contributed by atoms with Crippen LogP contribution in [-0.4, -0.2) is 53.4 Å². The van der Waals surface area contributed by atoms with Crippen LogP contribution in [0.3, 0.4) is 0 Å². The minimum absolute atomic E-state index is 0.110. The molecule has 0 spiro atoms. The number of hydrogen-bond donors (Lipinski definition) is 1. The summed E-state index contributed by atoms with van der Waals surface area (Å²) in [6, 6.07) is 10.7. The molecule has 0 aliphatic carbocycles. The van der Waals surface area contributed by atoms with Crippen LogP contribution in [0.5, 0.6) is 0 Å². The SMILES string of the molecule is Cc1ccc(NC(=O)CN2CCN(Cc3ccccn3)CC2)cc1F. The maximum absolute atomic E-state index is 13.5. The van der Waals surface area contributed by atoms with Crippen LogP contribution in [-0.2, 0) is 11.3 Å². The number of pyridine rings is 1. The first-order valence-corrected chi connectivity index (χ1v) is 8.51. The maximum Gasteiger partial charge on any atom is 0.238 e. The fourth-order valence-corrected chi connectivity index (χ4v) is 2.90. The van der Waals surface area contributed by atoms with Crippen molar-refractivity contribution in [2.75, 3.05) is 38.0 Å². The average Bonchev–Trinajstić information content (AvgIpc) is 2.61. The fourth-order valence-electron chi connectivity index (χ4n) is 2.90. The van der Waals surface area contributed by atoms with Crippen molar-refractivity contribution >= 4 is 11.6 Å². The molecule has 1 aromatic carbocycles. The van der Waals surface area contributed by atoms with Gasteiger partial charge in [0.25, 0.3) is 0 Å². The number of aryl methyl sites for hydroxylation is 1. The fraction of sp³-hybridized carbons (Fsp3) is 0.368. The lowest BCUT2D eigenvalue weighted by Crippen LogP contribution is -2.48. The molecule has 132 valence electrons. The van der Waals surface area contributed by atoms with Crippen molar-refractivity contribution in [3.8, 4) is 0 Å². The molecule has 1 saturated heterocycles. The van der Waals surface area contributed by atoms with Crippen LogP contribution in [0.15, 0.2) is 42.6 Å². The molecule has 0 saturated carbocycles. The Morgan fingerprint density at radius 1 is 1.16 bits per heavy atom. The molecule has 25 heavy (non-hydrogen) atoms. The summed E-state index contributed by atoms with van der Waals surface area (Å²) in [5.74, 6) is -0.414. The summed E-state index contributed by atoms with van der Waals surface area (Å²) in [7, 11) is 0.